The summed E-state index contributed by atoms with van der Waals surface area (Å²) in [6.07, 6.45) is 2.98. The topological polar surface area (TPSA) is 71.7 Å². The van der Waals surface area contributed by atoms with E-state index < -0.39 is 0 Å². The number of rotatable bonds is 5. The van der Waals surface area contributed by atoms with Crippen molar-refractivity contribution < 1.29 is 9.53 Å². The Kier molecular flexibility index (Phi) is 5.59. The quantitative estimate of drug-likeness (QED) is 0.860. The summed E-state index contributed by atoms with van der Waals surface area (Å²) in [6.45, 7) is 4.36. The van der Waals surface area contributed by atoms with Crippen molar-refractivity contribution >= 4 is 11.7 Å². The van der Waals surface area contributed by atoms with Crippen LogP contribution in [0.5, 0.6) is 0 Å². The highest BCUT2D eigenvalue weighted by Crippen LogP contribution is 2.31. The lowest BCUT2D eigenvalue weighted by Gasteiger charge is -2.47. The summed E-state index contributed by atoms with van der Waals surface area (Å²) in [7, 11) is 0. The SMILES string of the molecule is Nc1cccc(CN2CC3(CCN(CCc4ccccc4)CC3)OCC2=O)n1. The van der Waals surface area contributed by atoms with Crippen LogP contribution in [0.4, 0.5) is 5.82 Å². The molecular formula is C22H28N4O2. The molecule has 0 atom stereocenters. The molecule has 0 saturated carbocycles. The van der Waals surface area contributed by atoms with Gasteiger partial charge in [-0.25, -0.2) is 4.98 Å². The van der Waals surface area contributed by atoms with Crippen LogP contribution in [0.2, 0.25) is 0 Å². The molecule has 0 unspecified atom stereocenters. The van der Waals surface area contributed by atoms with Crippen LogP contribution in [0.25, 0.3) is 0 Å². The first kappa shape index (κ1) is 18.9. The van der Waals surface area contributed by atoms with Crippen LogP contribution in [-0.2, 0) is 22.5 Å². The molecule has 1 aromatic heterocycles. The Hall–Kier alpha value is -2.44. The number of morpholine rings is 1. The zero-order valence-electron chi connectivity index (χ0n) is 16.2. The molecule has 4 rings (SSSR count). The molecule has 1 aromatic carbocycles. The van der Waals surface area contributed by atoms with Gasteiger partial charge in [0, 0.05) is 19.6 Å². The largest absolute Gasteiger partial charge is 0.384 e. The number of hydrogen-bond donors (Lipinski definition) is 1. The molecule has 148 valence electrons. The van der Waals surface area contributed by atoms with Crippen LogP contribution >= 0.6 is 0 Å². The molecule has 2 N–H and O–H groups in total. The minimum absolute atomic E-state index is 0.0290. The molecule has 0 radical (unpaired) electrons. The van der Waals surface area contributed by atoms with Crippen molar-refractivity contribution in [2.45, 2.75) is 31.4 Å². The molecule has 28 heavy (non-hydrogen) atoms. The zero-order chi connectivity index (χ0) is 19.4. The van der Waals surface area contributed by atoms with Gasteiger partial charge in [0.05, 0.1) is 24.4 Å². The van der Waals surface area contributed by atoms with Crippen LogP contribution in [-0.4, -0.2) is 59.1 Å². The lowest BCUT2D eigenvalue weighted by atomic mass is 9.89. The van der Waals surface area contributed by atoms with E-state index in [4.69, 9.17) is 10.5 Å². The van der Waals surface area contributed by atoms with E-state index in [0.29, 0.717) is 18.9 Å². The van der Waals surface area contributed by atoms with Crippen molar-refractivity contribution in [1.82, 2.24) is 14.8 Å². The number of anilines is 1. The number of carbonyl (C=O) groups is 1. The molecule has 1 amide bonds. The maximum Gasteiger partial charge on any atom is 0.249 e. The molecule has 2 saturated heterocycles. The van der Waals surface area contributed by atoms with Crippen molar-refractivity contribution in [3.05, 3.63) is 59.8 Å². The summed E-state index contributed by atoms with van der Waals surface area (Å²) in [4.78, 5) is 21.1. The predicted octanol–water partition coefficient (Wildman–Crippen LogP) is 2.10. The van der Waals surface area contributed by atoms with Gasteiger partial charge >= 0.3 is 0 Å². The number of aromatic nitrogens is 1. The molecule has 3 heterocycles. The highest BCUT2D eigenvalue weighted by atomic mass is 16.5. The second-order valence-electron chi connectivity index (χ2n) is 7.85. The Labute approximate surface area is 166 Å². The van der Waals surface area contributed by atoms with Gasteiger partial charge in [0.1, 0.15) is 12.4 Å². The Balaban J connectivity index is 1.32. The third kappa shape index (κ3) is 4.51. The minimum Gasteiger partial charge on any atom is -0.384 e. The Morgan fingerprint density at radius 2 is 1.86 bits per heavy atom. The third-order valence-electron chi connectivity index (χ3n) is 5.84. The average Bonchev–Trinajstić information content (AvgIpc) is 2.71. The van der Waals surface area contributed by atoms with Gasteiger partial charge in [-0.15, -0.1) is 0 Å². The van der Waals surface area contributed by atoms with Gasteiger partial charge in [-0.2, -0.15) is 0 Å². The number of likely N-dealkylation sites (tertiary alicyclic amines) is 1. The lowest BCUT2D eigenvalue weighted by molar-refractivity contribution is -0.172. The number of pyridine rings is 1. The van der Waals surface area contributed by atoms with E-state index in [9.17, 15) is 4.79 Å². The van der Waals surface area contributed by atoms with Gasteiger partial charge in [0.2, 0.25) is 5.91 Å². The van der Waals surface area contributed by atoms with E-state index in [2.05, 4.69) is 40.2 Å². The zero-order valence-corrected chi connectivity index (χ0v) is 16.2. The summed E-state index contributed by atoms with van der Waals surface area (Å²) in [5, 5.41) is 0. The van der Waals surface area contributed by atoms with Crippen LogP contribution < -0.4 is 5.73 Å². The number of carbonyl (C=O) groups excluding carboxylic acids is 1. The van der Waals surface area contributed by atoms with Gasteiger partial charge in [0.15, 0.2) is 0 Å². The van der Waals surface area contributed by atoms with Gasteiger partial charge < -0.3 is 20.3 Å². The van der Waals surface area contributed by atoms with E-state index in [-0.39, 0.29) is 18.1 Å². The number of nitrogen functional groups attached to an aromatic ring is 1. The number of nitrogens with two attached hydrogens (primary N) is 1. The molecule has 0 aliphatic carbocycles. The number of hydrogen-bond acceptors (Lipinski definition) is 5. The summed E-state index contributed by atoms with van der Waals surface area (Å²) in [6, 6.07) is 16.2. The first-order valence-corrected chi connectivity index (χ1v) is 10.0. The van der Waals surface area contributed by atoms with Crippen LogP contribution in [0.3, 0.4) is 0 Å². The van der Waals surface area contributed by atoms with Crippen LogP contribution in [0.1, 0.15) is 24.1 Å². The molecule has 2 fully saturated rings. The van der Waals surface area contributed by atoms with Crippen LogP contribution in [0.15, 0.2) is 48.5 Å². The van der Waals surface area contributed by atoms with Crippen molar-refractivity contribution in [3.63, 3.8) is 0 Å². The van der Waals surface area contributed by atoms with Gasteiger partial charge in [-0.3, -0.25) is 4.79 Å². The highest BCUT2D eigenvalue weighted by Gasteiger charge is 2.42. The number of piperidine rings is 1. The third-order valence-corrected chi connectivity index (χ3v) is 5.84. The first-order valence-electron chi connectivity index (χ1n) is 10.0. The smallest absolute Gasteiger partial charge is 0.249 e. The number of nitrogens with zero attached hydrogens (tertiary/aromatic N) is 3. The Morgan fingerprint density at radius 3 is 2.61 bits per heavy atom. The van der Waals surface area contributed by atoms with E-state index in [1.54, 1.807) is 6.07 Å². The molecule has 2 aromatic rings. The second-order valence-corrected chi connectivity index (χ2v) is 7.85. The predicted molar refractivity (Wildman–Crippen MR) is 109 cm³/mol. The maximum absolute atomic E-state index is 12.4. The summed E-state index contributed by atoms with van der Waals surface area (Å²) < 4.78 is 6.06. The lowest BCUT2D eigenvalue weighted by Crippen LogP contribution is -2.58. The fourth-order valence-corrected chi connectivity index (χ4v) is 4.13. The molecular weight excluding hydrogens is 352 g/mol. The molecule has 6 nitrogen and oxygen atoms in total. The normalized spacial score (nSPS) is 19.9. The molecule has 6 heteroatoms. The molecule has 1 spiro atoms. The van der Waals surface area contributed by atoms with E-state index in [1.165, 1.54) is 5.56 Å². The number of benzene rings is 1. The molecule has 2 aliphatic rings. The fraction of sp³-hybridized carbons (Fsp3) is 0.455. The highest BCUT2D eigenvalue weighted by molar-refractivity contribution is 5.78. The van der Waals surface area contributed by atoms with Crippen molar-refractivity contribution in [2.75, 3.05) is 38.5 Å². The number of ether oxygens (including phenoxy) is 1. The van der Waals surface area contributed by atoms with E-state index >= 15 is 0 Å². The monoisotopic (exact) mass is 380 g/mol. The minimum atomic E-state index is -0.225. The summed E-state index contributed by atoms with van der Waals surface area (Å²) >= 11 is 0. The van der Waals surface area contributed by atoms with Gasteiger partial charge in [-0.1, -0.05) is 36.4 Å². The first-order chi connectivity index (χ1) is 13.6. The van der Waals surface area contributed by atoms with Crippen molar-refractivity contribution in [2.24, 2.45) is 0 Å². The van der Waals surface area contributed by atoms with E-state index in [0.717, 1.165) is 44.6 Å². The molecule has 0 bridgehead atoms. The maximum atomic E-state index is 12.4. The van der Waals surface area contributed by atoms with Crippen LogP contribution in [0, 0.1) is 0 Å². The molecule has 2 aliphatic heterocycles. The van der Waals surface area contributed by atoms with Gasteiger partial charge in [-0.05, 0) is 37.0 Å². The van der Waals surface area contributed by atoms with Crippen molar-refractivity contribution in [3.8, 4) is 0 Å². The Morgan fingerprint density at radius 1 is 1.07 bits per heavy atom. The summed E-state index contributed by atoms with van der Waals surface area (Å²) in [5.74, 6) is 0.515. The van der Waals surface area contributed by atoms with E-state index in [1.807, 2.05) is 17.0 Å². The Bertz CT molecular complexity index is 803. The number of amides is 1. The summed E-state index contributed by atoms with van der Waals surface area (Å²) in [5.41, 5.74) is 7.75. The van der Waals surface area contributed by atoms with Crippen molar-refractivity contribution in [1.29, 1.82) is 0 Å². The van der Waals surface area contributed by atoms with Gasteiger partial charge in [0.25, 0.3) is 0 Å². The average molecular weight is 380 g/mol. The standard InChI is InChI=1S/C22H28N4O2/c23-20-8-4-7-19(24-20)15-26-17-22(28-16-21(26)27)10-13-25(14-11-22)12-9-18-5-2-1-3-6-18/h1-8H,9-17H2,(H2,23,24). The fourth-order valence-electron chi connectivity index (χ4n) is 4.13. The second kappa shape index (κ2) is 8.29.